The molecule has 3 rings (SSSR count). The lowest BCUT2D eigenvalue weighted by Crippen LogP contribution is -2.36. The molecule has 1 aromatic heterocycles. The number of nitrogens with one attached hydrogen (secondary N) is 1. The van der Waals surface area contributed by atoms with Gasteiger partial charge in [0.15, 0.2) is 6.10 Å². The molecule has 24 heavy (non-hydrogen) atoms. The van der Waals surface area contributed by atoms with E-state index in [0.717, 1.165) is 5.82 Å². The Morgan fingerprint density at radius 2 is 2.17 bits per heavy atom. The van der Waals surface area contributed by atoms with Gasteiger partial charge in [0.25, 0.3) is 0 Å². The third-order valence-electron chi connectivity index (χ3n) is 4.17. The van der Waals surface area contributed by atoms with Gasteiger partial charge in [-0.15, -0.1) is 0 Å². The number of aliphatic carboxylic acids is 1. The largest absolute Gasteiger partial charge is 0.479 e. The molecule has 2 heterocycles. The average Bonchev–Trinajstić information content (AvgIpc) is 3.14. The Kier molecular flexibility index (Phi) is 4.48. The molecule has 1 saturated heterocycles. The van der Waals surface area contributed by atoms with E-state index in [1.165, 1.54) is 12.1 Å². The number of aromatic nitrogens is 2. The maximum Gasteiger partial charge on any atom is 0.332 e. The Morgan fingerprint density at radius 1 is 1.42 bits per heavy atom. The van der Waals surface area contributed by atoms with Gasteiger partial charge in [0.1, 0.15) is 17.7 Å². The minimum Gasteiger partial charge on any atom is -0.479 e. The number of amides is 1. The first kappa shape index (κ1) is 16.4. The topological polar surface area (TPSA) is 93.5 Å². The average molecular weight is 335 g/mol. The molecule has 0 unspecified atom stereocenters. The quantitative estimate of drug-likeness (QED) is 0.850. The maximum absolute atomic E-state index is 13.3. The summed E-state index contributed by atoms with van der Waals surface area (Å²) in [5.74, 6) is -0.954. The molecule has 0 spiro atoms. The summed E-state index contributed by atoms with van der Waals surface area (Å²) in [5, 5.41) is 11.6. The molecule has 128 valence electrons. The fourth-order valence-electron chi connectivity index (χ4n) is 2.86. The molecule has 1 aliphatic heterocycles. The van der Waals surface area contributed by atoms with E-state index < -0.39 is 18.2 Å². The molecule has 1 amide bonds. The first-order valence-electron chi connectivity index (χ1n) is 7.72. The summed E-state index contributed by atoms with van der Waals surface area (Å²) in [5.41, 5.74) is 1.39. The third-order valence-corrected chi connectivity index (χ3v) is 4.17. The Balaban J connectivity index is 1.56. The van der Waals surface area contributed by atoms with Gasteiger partial charge in [-0.25, -0.2) is 14.2 Å². The highest BCUT2D eigenvalue weighted by Crippen LogP contribution is 2.20. The number of nitrogens with zero attached hydrogens (tertiary/aromatic N) is 2. The van der Waals surface area contributed by atoms with Gasteiger partial charge < -0.3 is 19.7 Å². The van der Waals surface area contributed by atoms with Gasteiger partial charge in [-0.2, -0.15) is 0 Å². The van der Waals surface area contributed by atoms with Crippen molar-refractivity contribution in [1.82, 2.24) is 14.9 Å². The summed E-state index contributed by atoms with van der Waals surface area (Å²) < 4.78 is 20.3. The normalized spacial score (nSPS) is 20.4. The molecule has 0 radical (unpaired) electrons. The van der Waals surface area contributed by atoms with E-state index in [0.29, 0.717) is 36.8 Å². The van der Waals surface area contributed by atoms with Gasteiger partial charge in [0.05, 0.1) is 11.0 Å². The number of hydrogen-bond acceptors (Lipinski definition) is 4. The van der Waals surface area contributed by atoms with Gasteiger partial charge in [0, 0.05) is 20.0 Å². The van der Waals surface area contributed by atoms with Crippen LogP contribution in [0.1, 0.15) is 18.7 Å². The van der Waals surface area contributed by atoms with Crippen LogP contribution in [0.15, 0.2) is 18.2 Å². The zero-order valence-electron chi connectivity index (χ0n) is 13.2. The highest BCUT2D eigenvalue weighted by molar-refractivity contribution is 5.82. The summed E-state index contributed by atoms with van der Waals surface area (Å²) >= 11 is 0. The minimum absolute atomic E-state index is 0.316. The number of imidazole rings is 1. The van der Waals surface area contributed by atoms with Crippen molar-refractivity contribution in [3.05, 3.63) is 29.8 Å². The molecule has 8 heteroatoms. The number of rotatable bonds is 5. The summed E-state index contributed by atoms with van der Waals surface area (Å²) in [6.07, 6.45) is -0.415. The molecule has 2 aromatic rings. The molecule has 1 aliphatic rings. The SMILES string of the molecule is Cn1c(CCNC(=O)[C@@H]2CC[C@H](C(=O)O)O2)nc2ccc(F)cc21. The lowest BCUT2D eigenvalue weighted by atomic mass is 10.2. The van der Waals surface area contributed by atoms with E-state index in [1.807, 2.05) is 0 Å². The highest BCUT2D eigenvalue weighted by atomic mass is 19.1. The zero-order chi connectivity index (χ0) is 17.3. The molecule has 1 fully saturated rings. The number of carboxylic acid groups (broad SMARTS) is 1. The Hall–Kier alpha value is -2.48. The van der Waals surface area contributed by atoms with Crippen LogP contribution < -0.4 is 5.32 Å². The summed E-state index contributed by atoms with van der Waals surface area (Å²) in [4.78, 5) is 27.2. The number of halogens is 1. The van der Waals surface area contributed by atoms with E-state index in [4.69, 9.17) is 9.84 Å². The number of hydrogen-bond donors (Lipinski definition) is 2. The van der Waals surface area contributed by atoms with Crippen LogP contribution in [0.25, 0.3) is 11.0 Å². The second-order valence-corrected chi connectivity index (χ2v) is 5.79. The van der Waals surface area contributed by atoms with Crippen molar-refractivity contribution in [2.45, 2.75) is 31.5 Å². The van der Waals surface area contributed by atoms with Crippen molar-refractivity contribution < 1.29 is 23.8 Å². The molecule has 0 aliphatic carbocycles. The van der Waals surface area contributed by atoms with Crippen LogP contribution >= 0.6 is 0 Å². The molecule has 2 N–H and O–H groups in total. The molecule has 7 nitrogen and oxygen atoms in total. The minimum atomic E-state index is -1.04. The first-order chi connectivity index (χ1) is 11.5. The number of carboxylic acids is 1. The van der Waals surface area contributed by atoms with Crippen LogP contribution in [0, 0.1) is 5.82 Å². The van der Waals surface area contributed by atoms with Crippen LogP contribution in [-0.4, -0.2) is 45.3 Å². The lowest BCUT2D eigenvalue weighted by molar-refractivity contribution is -0.151. The standard InChI is InChI=1S/C16H18FN3O4/c1-20-11-8-9(17)2-3-10(11)19-14(20)6-7-18-15(21)12-4-5-13(24-12)16(22)23/h2-3,8,12-13H,4-7H2,1H3,(H,18,21)(H,22,23)/t12-,13+/m0/s1. The van der Waals surface area contributed by atoms with Crippen molar-refractivity contribution in [2.75, 3.05) is 6.54 Å². The molecular weight excluding hydrogens is 317 g/mol. The van der Waals surface area contributed by atoms with Gasteiger partial charge in [0.2, 0.25) is 5.91 Å². The van der Waals surface area contributed by atoms with Gasteiger partial charge in [-0.1, -0.05) is 0 Å². The summed E-state index contributed by atoms with van der Waals surface area (Å²) in [7, 11) is 1.80. The van der Waals surface area contributed by atoms with Crippen molar-refractivity contribution in [2.24, 2.45) is 7.05 Å². The second-order valence-electron chi connectivity index (χ2n) is 5.79. The van der Waals surface area contributed by atoms with E-state index in [1.54, 1.807) is 17.7 Å². The lowest BCUT2D eigenvalue weighted by Gasteiger charge is -2.11. The van der Waals surface area contributed by atoms with Crippen LogP contribution in [0.3, 0.4) is 0 Å². The maximum atomic E-state index is 13.3. The van der Waals surface area contributed by atoms with Gasteiger partial charge in [-0.3, -0.25) is 4.79 Å². The highest BCUT2D eigenvalue weighted by Gasteiger charge is 2.34. The Labute approximate surface area is 137 Å². The number of fused-ring (bicyclic) bond motifs is 1. The van der Waals surface area contributed by atoms with E-state index in [9.17, 15) is 14.0 Å². The zero-order valence-corrected chi connectivity index (χ0v) is 13.2. The summed E-state index contributed by atoms with van der Waals surface area (Å²) in [6, 6.07) is 4.39. The van der Waals surface area contributed by atoms with Crippen molar-refractivity contribution in [3.63, 3.8) is 0 Å². The number of aryl methyl sites for hydroxylation is 1. The molecule has 2 atom stereocenters. The van der Waals surface area contributed by atoms with E-state index >= 15 is 0 Å². The van der Waals surface area contributed by atoms with Crippen molar-refractivity contribution in [3.8, 4) is 0 Å². The van der Waals surface area contributed by atoms with Crippen LogP contribution in [-0.2, 0) is 27.8 Å². The van der Waals surface area contributed by atoms with Crippen molar-refractivity contribution >= 4 is 22.9 Å². The number of ether oxygens (including phenoxy) is 1. The number of benzene rings is 1. The predicted octanol–water partition coefficient (Wildman–Crippen LogP) is 1.00. The first-order valence-corrected chi connectivity index (χ1v) is 7.72. The van der Waals surface area contributed by atoms with Crippen LogP contribution in [0.2, 0.25) is 0 Å². The molecule has 0 bridgehead atoms. The smallest absolute Gasteiger partial charge is 0.332 e. The van der Waals surface area contributed by atoms with Crippen LogP contribution in [0.4, 0.5) is 4.39 Å². The molecule has 0 saturated carbocycles. The van der Waals surface area contributed by atoms with Gasteiger partial charge >= 0.3 is 5.97 Å². The van der Waals surface area contributed by atoms with Crippen LogP contribution in [0.5, 0.6) is 0 Å². The van der Waals surface area contributed by atoms with E-state index in [-0.39, 0.29) is 11.7 Å². The van der Waals surface area contributed by atoms with Crippen molar-refractivity contribution in [1.29, 1.82) is 0 Å². The fourth-order valence-corrected chi connectivity index (χ4v) is 2.86. The Morgan fingerprint density at radius 3 is 2.88 bits per heavy atom. The predicted molar refractivity (Wildman–Crippen MR) is 82.9 cm³/mol. The van der Waals surface area contributed by atoms with Gasteiger partial charge in [-0.05, 0) is 31.0 Å². The monoisotopic (exact) mass is 335 g/mol. The summed E-state index contributed by atoms with van der Waals surface area (Å²) in [6.45, 7) is 0.343. The third kappa shape index (κ3) is 3.23. The van der Waals surface area contributed by atoms with E-state index in [2.05, 4.69) is 10.3 Å². The second kappa shape index (κ2) is 6.56. The number of carbonyl (C=O) groups is 2. The molecule has 1 aromatic carbocycles. The Bertz CT molecular complexity index is 789. The fraction of sp³-hybridized carbons (Fsp3) is 0.438. The molecular formula is C16H18FN3O4. The number of carbonyl (C=O) groups excluding carboxylic acids is 1.